The fraction of sp³-hybridized carbons (Fsp3) is 0.615. The largest absolute Gasteiger partial charge is 0.480 e. The van der Waals surface area contributed by atoms with Crippen LogP contribution in [0.3, 0.4) is 0 Å². The smallest absolute Gasteiger partial charge is 0.320 e. The maximum absolute atomic E-state index is 10.0. The number of ether oxygens (including phenoxy) is 1. The van der Waals surface area contributed by atoms with E-state index in [4.69, 9.17) is 20.7 Å². The third-order valence-corrected chi connectivity index (χ3v) is 3.84. The normalized spacial score (nSPS) is 12.3. The number of imidazole rings is 1. The molecule has 4 N–H and O–H groups in total. The van der Waals surface area contributed by atoms with Crippen LogP contribution in [0.5, 0.6) is 0 Å². The lowest BCUT2D eigenvalue weighted by Crippen LogP contribution is -2.34. The first-order chi connectivity index (χ1) is 10.3. The molecule has 0 saturated carbocycles. The van der Waals surface area contributed by atoms with Crippen LogP contribution in [0.1, 0.15) is 30.2 Å². The van der Waals surface area contributed by atoms with Gasteiger partial charge in [-0.2, -0.15) is 5.10 Å². The Morgan fingerprint density at radius 2 is 2.14 bits per heavy atom. The minimum Gasteiger partial charge on any atom is -0.480 e. The molecule has 0 aromatic carbocycles. The van der Waals surface area contributed by atoms with E-state index in [1.807, 2.05) is 6.92 Å². The number of nitrogens with zero attached hydrogens (tertiary/aromatic N) is 3. The van der Waals surface area contributed by atoms with Gasteiger partial charge in [-0.15, -0.1) is 0 Å². The molecule has 0 aliphatic carbocycles. The van der Waals surface area contributed by atoms with Crippen LogP contribution in [0.4, 0.5) is 0 Å². The van der Waals surface area contributed by atoms with Crippen molar-refractivity contribution in [3.8, 4) is 0 Å². The first kappa shape index (κ1) is 18.5. The van der Waals surface area contributed by atoms with Crippen LogP contribution in [0.2, 0.25) is 0 Å². The van der Waals surface area contributed by atoms with E-state index in [1.54, 1.807) is 25.5 Å². The number of aryl methyl sites for hydroxylation is 1. The summed E-state index contributed by atoms with van der Waals surface area (Å²) >= 11 is 1.48. The Kier molecular flexibility index (Phi) is 6.88. The van der Waals surface area contributed by atoms with Gasteiger partial charge >= 0.3 is 5.97 Å². The SMILES string of the molecule is CC(C)[C@H](N)C(=O)O.COCc1nn2c(CO)c(C)nc2s1. The number of carbonyl (C=O) groups is 1. The van der Waals surface area contributed by atoms with E-state index in [1.165, 1.54) is 11.3 Å². The van der Waals surface area contributed by atoms with Crippen molar-refractivity contribution in [1.29, 1.82) is 0 Å². The number of hydrogen-bond donors (Lipinski definition) is 3. The van der Waals surface area contributed by atoms with Crippen molar-refractivity contribution in [2.45, 2.75) is 40.0 Å². The third kappa shape index (κ3) is 4.47. The number of rotatable bonds is 5. The number of nitrogens with two attached hydrogens (primary N) is 1. The Morgan fingerprint density at radius 1 is 1.50 bits per heavy atom. The lowest BCUT2D eigenvalue weighted by molar-refractivity contribution is -0.139. The molecular weight excluding hydrogens is 308 g/mol. The Hall–Kier alpha value is -1.55. The van der Waals surface area contributed by atoms with E-state index in [-0.39, 0.29) is 12.5 Å². The maximum Gasteiger partial charge on any atom is 0.320 e. The molecule has 0 fully saturated rings. The quantitative estimate of drug-likeness (QED) is 0.740. The second kappa shape index (κ2) is 8.18. The molecule has 9 heteroatoms. The van der Waals surface area contributed by atoms with Crippen LogP contribution < -0.4 is 5.73 Å². The van der Waals surface area contributed by atoms with Crippen LogP contribution in [-0.4, -0.2) is 43.9 Å². The fourth-order valence-corrected chi connectivity index (χ4v) is 2.51. The van der Waals surface area contributed by atoms with Crippen molar-refractivity contribution in [2.75, 3.05) is 7.11 Å². The first-order valence-corrected chi connectivity index (χ1v) is 7.55. The van der Waals surface area contributed by atoms with Crippen molar-refractivity contribution in [1.82, 2.24) is 14.6 Å². The van der Waals surface area contributed by atoms with Crippen molar-refractivity contribution in [3.63, 3.8) is 0 Å². The van der Waals surface area contributed by atoms with E-state index in [2.05, 4.69) is 10.1 Å². The molecule has 22 heavy (non-hydrogen) atoms. The maximum atomic E-state index is 10.0. The van der Waals surface area contributed by atoms with Gasteiger partial charge in [-0.25, -0.2) is 9.50 Å². The van der Waals surface area contributed by atoms with Gasteiger partial charge in [0.15, 0.2) is 0 Å². The summed E-state index contributed by atoms with van der Waals surface area (Å²) in [5, 5.41) is 22.5. The van der Waals surface area contributed by atoms with E-state index < -0.39 is 12.0 Å². The molecule has 2 aromatic heterocycles. The number of carboxylic acid groups (broad SMARTS) is 1. The number of carboxylic acids is 1. The van der Waals surface area contributed by atoms with Gasteiger partial charge < -0.3 is 20.7 Å². The zero-order chi connectivity index (χ0) is 16.9. The topological polar surface area (TPSA) is 123 Å². The molecule has 0 aliphatic rings. The Labute approximate surface area is 132 Å². The van der Waals surface area contributed by atoms with Gasteiger partial charge in [-0.1, -0.05) is 25.2 Å². The van der Waals surface area contributed by atoms with E-state index in [0.717, 1.165) is 21.4 Å². The molecule has 124 valence electrons. The zero-order valence-corrected chi connectivity index (χ0v) is 13.9. The van der Waals surface area contributed by atoms with Crippen LogP contribution >= 0.6 is 11.3 Å². The van der Waals surface area contributed by atoms with Gasteiger partial charge in [0.2, 0.25) is 4.96 Å². The molecule has 0 unspecified atom stereocenters. The van der Waals surface area contributed by atoms with Gasteiger partial charge in [0.25, 0.3) is 0 Å². The van der Waals surface area contributed by atoms with Crippen LogP contribution in [0.25, 0.3) is 4.96 Å². The molecule has 1 atom stereocenters. The van der Waals surface area contributed by atoms with Crippen LogP contribution in [0.15, 0.2) is 0 Å². The van der Waals surface area contributed by atoms with Crippen molar-refractivity contribution < 1.29 is 19.7 Å². The highest BCUT2D eigenvalue weighted by Crippen LogP contribution is 2.18. The minimum absolute atomic E-state index is 0.0208. The summed E-state index contributed by atoms with van der Waals surface area (Å²) in [6, 6.07) is -0.713. The van der Waals surface area contributed by atoms with E-state index in [9.17, 15) is 4.79 Å². The van der Waals surface area contributed by atoms with Crippen molar-refractivity contribution in [3.05, 3.63) is 16.4 Å². The minimum atomic E-state index is -0.931. The van der Waals surface area contributed by atoms with Gasteiger partial charge in [-0.05, 0) is 12.8 Å². The van der Waals surface area contributed by atoms with Gasteiger partial charge in [-0.3, -0.25) is 4.79 Å². The molecule has 0 bridgehead atoms. The Balaban J connectivity index is 0.000000261. The van der Waals surface area contributed by atoms with Gasteiger partial charge in [0.05, 0.1) is 24.6 Å². The van der Waals surface area contributed by atoms with Crippen molar-refractivity contribution in [2.24, 2.45) is 11.7 Å². The number of aliphatic hydroxyl groups excluding tert-OH is 1. The molecular formula is C13H22N4O4S. The summed E-state index contributed by atoms with van der Waals surface area (Å²) in [7, 11) is 1.63. The van der Waals surface area contributed by atoms with Crippen molar-refractivity contribution >= 4 is 22.3 Å². The number of hydrogen-bond acceptors (Lipinski definition) is 7. The second-order valence-electron chi connectivity index (χ2n) is 5.03. The second-order valence-corrected chi connectivity index (χ2v) is 6.07. The highest BCUT2D eigenvalue weighted by atomic mass is 32.1. The number of aliphatic hydroxyl groups is 1. The summed E-state index contributed by atoms with van der Waals surface area (Å²) in [5.41, 5.74) is 6.74. The predicted molar refractivity (Wildman–Crippen MR) is 82.7 cm³/mol. The molecule has 2 heterocycles. The molecule has 2 aromatic rings. The molecule has 2 rings (SSSR count). The first-order valence-electron chi connectivity index (χ1n) is 6.73. The predicted octanol–water partition coefficient (Wildman–Crippen LogP) is 0.792. The summed E-state index contributed by atoms with van der Waals surface area (Å²) in [6.07, 6.45) is 0. The fourth-order valence-electron chi connectivity index (χ4n) is 1.58. The Bertz CT molecular complexity index is 623. The average Bonchev–Trinajstić information content (AvgIpc) is 2.94. The standard InChI is InChI=1S/C8H11N3O2S.C5H11NO2/c1-5-6(3-12)11-8(9-5)14-7(10-11)4-13-2;1-3(2)4(6)5(7)8/h12H,3-4H2,1-2H3;3-4H,6H2,1-2H3,(H,7,8)/t;4-/m.0/s1. The summed E-state index contributed by atoms with van der Waals surface area (Å²) in [5.74, 6) is -0.910. The molecule has 0 saturated heterocycles. The lowest BCUT2D eigenvalue weighted by Gasteiger charge is -2.07. The number of methoxy groups -OCH3 is 1. The Morgan fingerprint density at radius 3 is 2.55 bits per heavy atom. The third-order valence-electron chi connectivity index (χ3n) is 2.96. The van der Waals surface area contributed by atoms with Gasteiger partial charge in [0.1, 0.15) is 11.0 Å². The summed E-state index contributed by atoms with van der Waals surface area (Å²) in [4.78, 5) is 15.1. The highest BCUT2D eigenvalue weighted by Gasteiger charge is 2.14. The molecule has 0 aliphatic heterocycles. The summed E-state index contributed by atoms with van der Waals surface area (Å²) < 4.78 is 6.65. The summed E-state index contributed by atoms with van der Waals surface area (Å²) in [6.45, 7) is 5.86. The monoisotopic (exact) mass is 330 g/mol. The molecule has 0 spiro atoms. The van der Waals surface area contributed by atoms with E-state index in [0.29, 0.717) is 6.61 Å². The molecule has 8 nitrogen and oxygen atoms in total. The molecule has 0 radical (unpaired) electrons. The number of aromatic nitrogens is 3. The number of aliphatic carboxylic acids is 1. The van der Waals surface area contributed by atoms with Crippen LogP contribution in [-0.2, 0) is 22.7 Å². The average molecular weight is 330 g/mol. The highest BCUT2D eigenvalue weighted by molar-refractivity contribution is 7.16. The lowest BCUT2D eigenvalue weighted by atomic mass is 10.1. The van der Waals surface area contributed by atoms with E-state index >= 15 is 0 Å². The zero-order valence-electron chi connectivity index (χ0n) is 13.1. The number of fused-ring (bicyclic) bond motifs is 1. The molecule has 0 amide bonds. The van der Waals surface area contributed by atoms with Crippen LogP contribution in [0, 0.1) is 12.8 Å². The van der Waals surface area contributed by atoms with Gasteiger partial charge in [0, 0.05) is 7.11 Å².